The Morgan fingerprint density at radius 1 is 1.03 bits per heavy atom. The standard InChI is InChI=1S/C21H24N2O5S/c1-15-12-19(15)21(25)28-14-20(24)22-8-10-23(11-9-22)29(26,27)18-7-6-16-4-2-3-5-17(16)13-18/h2-7,13,15,19H,8-12,14H2,1H3/t15-,19+/m1/s1. The van der Waals surface area contributed by atoms with Gasteiger partial charge in [0.05, 0.1) is 10.8 Å². The quantitative estimate of drug-likeness (QED) is 0.695. The van der Waals surface area contributed by atoms with E-state index in [1.807, 2.05) is 31.2 Å². The van der Waals surface area contributed by atoms with E-state index >= 15 is 0 Å². The van der Waals surface area contributed by atoms with Gasteiger partial charge in [0.2, 0.25) is 10.0 Å². The zero-order valence-electron chi connectivity index (χ0n) is 16.3. The van der Waals surface area contributed by atoms with Crippen LogP contribution < -0.4 is 0 Å². The van der Waals surface area contributed by atoms with E-state index in [4.69, 9.17) is 4.74 Å². The number of ether oxygens (including phenoxy) is 1. The number of benzene rings is 2. The third kappa shape index (κ3) is 4.13. The maximum Gasteiger partial charge on any atom is 0.309 e. The van der Waals surface area contributed by atoms with Crippen molar-refractivity contribution in [3.63, 3.8) is 0 Å². The van der Waals surface area contributed by atoms with Gasteiger partial charge in [0.25, 0.3) is 5.91 Å². The number of carbonyl (C=O) groups is 2. The molecular formula is C21H24N2O5S. The van der Waals surface area contributed by atoms with E-state index in [1.54, 1.807) is 23.1 Å². The molecule has 0 aromatic heterocycles. The molecule has 0 radical (unpaired) electrons. The third-order valence-electron chi connectivity index (χ3n) is 5.70. The van der Waals surface area contributed by atoms with Crippen LogP contribution >= 0.6 is 0 Å². The summed E-state index contributed by atoms with van der Waals surface area (Å²) in [4.78, 5) is 25.8. The van der Waals surface area contributed by atoms with Crippen molar-refractivity contribution in [1.29, 1.82) is 0 Å². The molecule has 0 unspecified atom stereocenters. The van der Waals surface area contributed by atoms with Crippen molar-refractivity contribution < 1.29 is 22.7 Å². The van der Waals surface area contributed by atoms with Gasteiger partial charge in [-0.25, -0.2) is 8.42 Å². The zero-order valence-corrected chi connectivity index (χ0v) is 17.1. The molecule has 7 nitrogen and oxygen atoms in total. The van der Waals surface area contributed by atoms with Crippen LogP contribution in [0.1, 0.15) is 13.3 Å². The molecule has 1 aliphatic heterocycles. The number of fused-ring (bicyclic) bond motifs is 1. The number of amides is 1. The van der Waals surface area contributed by atoms with E-state index in [0.29, 0.717) is 5.92 Å². The highest BCUT2D eigenvalue weighted by Crippen LogP contribution is 2.38. The number of piperazine rings is 1. The van der Waals surface area contributed by atoms with E-state index in [1.165, 1.54) is 4.31 Å². The molecule has 2 fully saturated rings. The Hall–Kier alpha value is -2.45. The lowest BCUT2D eigenvalue weighted by atomic mass is 10.1. The highest BCUT2D eigenvalue weighted by atomic mass is 32.2. The van der Waals surface area contributed by atoms with Gasteiger partial charge < -0.3 is 9.64 Å². The van der Waals surface area contributed by atoms with E-state index in [-0.39, 0.29) is 55.5 Å². The van der Waals surface area contributed by atoms with Crippen molar-refractivity contribution in [3.8, 4) is 0 Å². The molecule has 1 heterocycles. The first-order valence-corrected chi connectivity index (χ1v) is 11.2. The van der Waals surface area contributed by atoms with E-state index in [0.717, 1.165) is 17.2 Å². The van der Waals surface area contributed by atoms with Crippen LogP contribution in [-0.4, -0.2) is 62.3 Å². The molecule has 0 N–H and O–H groups in total. The number of carbonyl (C=O) groups excluding carboxylic acids is 2. The summed E-state index contributed by atoms with van der Waals surface area (Å²) in [5, 5.41) is 1.85. The Balaban J connectivity index is 1.35. The van der Waals surface area contributed by atoms with Gasteiger partial charge in [-0.1, -0.05) is 37.3 Å². The fraction of sp³-hybridized carbons (Fsp3) is 0.429. The number of nitrogens with zero attached hydrogens (tertiary/aromatic N) is 2. The average molecular weight is 416 g/mol. The molecule has 2 aromatic rings. The van der Waals surface area contributed by atoms with Crippen molar-refractivity contribution >= 4 is 32.7 Å². The summed E-state index contributed by atoms with van der Waals surface area (Å²) in [5.74, 6) is -0.342. The van der Waals surface area contributed by atoms with Gasteiger partial charge in [0.15, 0.2) is 6.61 Å². The maximum atomic E-state index is 13.0. The molecule has 1 saturated carbocycles. The van der Waals surface area contributed by atoms with Crippen molar-refractivity contribution in [2.75, 3.05) is 32.8 Å². The first-order valence-electron chi connectivity index (χ1n) is 9.79. The Morgan fingerprint density at radius 3 is 2.34 bits per heavy atom. The molecular weight excluding hydrogens is 392 g/mol. The first-order chi connectivity index (χ1) is 13.9. The topological polar surface area (TPSA) is 84.0 Å². The van der Waals surface area contributed by atoms with Gasteiger partial charge >= 0.3 is 5.97 Å². The van der Waals surface area contributed by atoms with Gasteiger partial charge in [-0.15, -0.1) is 0 Å². The molecule has 2 atom stereocenters. The number of hydrogen-bond acceptors (Lipinski definition) is 5. The van der Waals surface area contributed by atoms with E-state index < -0.39 is 10.0 Å². The number of hydrogen-bond donors (Lipinski definition) is 0. The summed E-state index contributed by atoms with van der Waals surface area (Å²) in [5.41, 5.74) is 0. The Labute approximate surface area is 170 Å². The van der Waals surface area contributed by atoms with Crippen LogP contribution in [0.2, 0.25) is 0 Å². The fourth-order valence-electron chi connectivity index (χ4n) is 3.64. The zero-order chi connectivity index (χ0) is 20.6. The fourth-order valence-corrected chi connectivity index (χ4v) is 5.09. The summed E-state index contributed by atoms with van der Waals surface area (Å²) in [6, 6.07) is 12.7. The number of rotatable bonds is 5. The Kier molecular flexibility index (Phi) is 5.31. The molecule has 1 saturated heterocycles. The highest BCUT2D eigenvalue weighted by molar-refractivity contribution is 7.89. The van der Waals surface area contributed by atoms with Gasteiger partial charge in [0, 0.05) is 26.2 Å². The van der Waals surface area contributed by atoms with E-state index in [2.05, 4.69) is 0 Å². The van der Waals surface area contributed by atoms with Crippen molar-refractivity contribution in [3.05, 3.63) is 42.5 Å². The van der Waals surface area contributed by atoms with Crippen molar-refractivity contribution in [1.82, 2.24) is 9.21 Å². The predicted octanol–water partition coefficient (Wildman–Crippen LogP) is 1.87. The summed E-state index contributed by atoms with van der Waals surface area (Å²) >= 11 is 0. The molecule has 1 amide bonds. The largest absolute Gasteiger partial charge is 0.455 e. The van der Waals surface area contributed by atoms with Crippen LogP contribution in [0.4, 0.5) is 0 Å². The average Bonchev–Trinajstić information content (AvgIpc) is 3.48. The third-order valence-corrected chi connectivity index (χ3v) is 7.59. The molecule has 1 aliphatic carbocycles. The molecule has 4 rings (SSSR count). The van der Waals surface area contributed by atoms with Crippen LogP contribution in [0.15, 0.2) is 47.4 Å². The molecule has 8 heteroatoms. The monoisotopic (exact) mass is 416 g/mol. The minimum absolute atomic E-state index is 0.0771. The van der Waals surface area contributed by atoms with Gasteiger partial charge in [-0.05, 0) is 35.2 Å². The summed E-state index contributed by atoms with van der Waals surface area (Å²) in [7, 11) is -3.63. The smallest absolute Gasteiger partial charge is 0.309 e. The summed E-state index contributed by atoms with van der Waals surface area (Å²) in [6.07, 6.45) is 0.818. The lowest BCUT2D eigenvalue weighted by molar-refractivity contribution is -0.153. The van der Waals surface area contributed by atoms with Gasteiger partial charge in [-0.2, -0.15) is 4.31 Å². The Bertz CT molecular complexity index is 1040. The predicted molar refractivity (Wildman–Crippen MR) is 108 cm³/mol. The van der Waals surface area contributed by atoms with Crippen LogP contribution in [0, 0.1) is 11.8 Å². The van der Waals surface area contributed by atoms with Crippen molar-refractivity contribution in [2.45, 2.75) is 18.2 Å². The number of sulfonamides is 1. The van der Waals surface area contributed by atoms with Crippen LogP contribution in [0.5, 0.6) is 0 Å². The molecule has 0 bridgehead atoms. The Morgan fingerprint density at radius 2 is 1.69 bits per heavy atom. The summed E-state index contributed by atoms with van der Waals surface area (Å²) in [6.45, 7) is 2.69. The molecule has 2 aliphatic rings. The van der Waals surface area contributed by atoms with Crippen LogP contribution in [-0.2, 0) is 24.3 Å². The minimum atomic E-state index is -3.63. The lowest BCUT2D eigenvalue weighted by Crippen LogP contribution is -2.51. The van der Waals surface area contributed by atoms with Gasteiger partial charge in [-0.3, -0.25) is 9.59 Å². The second-order valence-corrected chi connectivity index (χ2v) is 9.66. The van der Waals surface area contributed by atoms with Crippen LogP contribution in [0.25, 0.3) is 10.8 Å². The lowest BCUT2D eigenvalue weighted by Gasteiger charge is -2.33. The molecule has 29 heavy (non-hydrogen) atoms. The number of esters is 1. The molecule has 154 valence electrons. The maximum absolute atomic E-state index is 13.0. The normalized spacial score (nSPS) is 22.4. The van der Waals surface area contributed by atoms with Crippen molar-refractivity contribution in [2.24, 2.45) is 11.8 Å². The van der Waals surface area contributed by atoms with Crippen LogP contribution in [0.3, 0.4) is 0 Å². The van der Waals surface area contributed by atoms with E-state index in [9.17, 15) is 18.0 Å². The molecule has 0 spiro atoms. The SMILES string of the molecule is C[C@@H]1C[C@@H]1C(=O)OCC(=O)N1CCN(S(=O)(=O)c2ccc3ccccc3c2)CC1. The summed E-state index contributed by atoms with van der Waals surface area (Å²) < 4.78 is 32.5. The second-order valence-electron chi connectivity index (χ2n) is 7.72. The molecule has 2 aromatic carbocycles. The first kappa shape index (κ1) is 19.8. The van der Waals surface area contributed by atoms with Gasteiger partial charge in [0.1, 0.15) is 0 Å². The highest BCUT2D eigenvalue weighted by Gasteiger charge is 2.41. The minimum Gasteiger partial charge on any atom is -0.455 e. The second kappa shape index (κ2) is 7.76.